The summed E-state index contributed by atoms with van der Waals surface area (Å²) in [5.41, 5.74) is 0.964. The molecule has 2 amide bonds. The summed E-state index contributed by atoms with van der Waals surface area (Å²) in [6.45, 7) is 3.22. The largest absolute Gasteiger partial charge is 0.338 e. The Balaban J connectivity index is 2.15. The van der Waals surface area contributed by atoms with Crippen LogP contribution in [0.3, 0.4) is 0 Å². The van der Waals surface area contributed by atoms with E-state index >= 15 is 0 Å². The maximum absolute atomic E-state index is 11.0. The Labute approximate surface area is 76.9 Å². The van der Waals surface area contributed by atoms with Crippen LogP contribution in [0.15, 0.2) is 12.4 Å². The summed E-state index contributed by atoms with van der Waals surface area (Å²) in [4.78, 5) is 11.0. The van der Waals surface area contributed by atoms with Gasteiger partial charge in [-0.25, -0.2) is 4.79 Å². The number of amides is 2. The van der Waals surface area contributed by atoms with Gasteiger partial charge in [-0.2, -0.15) is 5.10 Å². The zero-order valence-electron chi connectivity index (χ0n) is 7.63. The predicted octanol–water partition coefficient (Wildman–Crippen LogP) is 0.619. The molecule has 72 valence electrons. The molecule has 1 aromatic heterocycles. The molecule has 1 heterocycles. The first-order chi connectivity index (χ1) is 6.33. The van der Waals surface area contributed by atoms with E-state index in [0.717, 1.165) is 12.0 Å². The number of H-pyrrole nitrogens is 1. The van der Waals surface area contributed by atoms with Crippen molar-refractivity contribution in [2.24, 2.45) is 0 Å². The number of aromatic amines is 1. The normalized spacial score (nSPS) is 9.62. The zero-order chi connectivity index (χ0) is 9.52. The number of aromatic nitrogens is 2. The van der Waals surface area contributed by atoms with Gasteiger partial charge in [0.05, 0.1) is 6.20 Å². The van der Waals surface area contributed by atoms with Crippen molar-refractivity contribution in [3.63, 3.8) is 0 Å². The van der Waals surface area contributed by atoms with E-state index in [2.05, 4.69) is 20.8 Å². The molecule has 0 aliphatic rings. The standard InChI is InChI=1S/C8H14N4O/c1-2-3-9-8(13)10-4-7-5-11-12-6-7/h5-6H,2-4H2,1H3,(H,11,12)(H2,9,10,13). The topological polar surface area (TPSA) is 69.8 Å². The first kappa shape index (κ1) is 9.57. The summed E-state index contributed by atoms with van der Waals surface area (Å²) in [6.07, 6.45) is 4.37. The van der Waals surface area contributed by atoms with Crippen LogP contribution in [0, 0.1) is 0 Å². The van der Waals surface area contributed by atoms with Gasteiger partial charge in [0.2, 0.25) is 0 Å². The molecule has 1 aromatic rings. The Bertz CT molecular complexity index is 245. The second kappa shape index (κ2) is 5.18. The van der Waals surface area contributed by atoms with Crippen molar-refractivity contribution in [2.75, 3.05) is 6.54 Å². The van der Waals surface area contributed by atoms with E-state index in [-0.39, 0.29) is 6.03 Å². The lowest BCUT2D eigenvalue weighted by Crippen LogP contribution is -2.35. The van der Waals surface area contributed by atoms with E-state index in [4.69, 9.17) is 0 Å². The van der Waals surface area contributed by atoms with Gasteiger partial charge in [0, 0.05) is 24.8 Å². The van der Waals surface area contributed by atoms with E-state index in [1.165, 1.54) is 0 Å². The van der Waals surface area contributed by atoms with Crippen LogP contribution in [0.4, 0.5) is 4.79 Å². The molecular formula is C8H14N4O. The van der Waals surface area contributed by atoms with Crippen LogP contribution in [0.25, 0.3) is 0 Å². The van der Waals surface area contributed by atoms with Gasteiger partial charge in [-0.05, 0) is 6.42 Å². The van der Waals surface area contributed by atoms with E-state index in [1.807, 2.05) is 6.92 Å². The second-order valence-electron chi connectivity index (χ2n) is 2.72. The van der Waals surface area contributed by atoms with E-state index in [1.54, 1.807) is 12.4 Å². The number of carbonyl (C=O) groups is 1. The van der Waals surface area contributed by atoms with Gasteiger partial charge in [-0.3, -0.25) is 5.10 Å². The molecule has 0 saturated carbocycles. The third-order valence-corrected chi connectivity index (χ3v) is 1.54. The summed E-state index contributed by atoms with van der Waals surface area (Å²) in [6, 6.07) is -0.136. The molecule has 0 saturated heterocycles. The summed E-state index contributed by atoms with van der Waals surface area (Å²) in [5.74, 6) is 0. The molecule has 0 atom stereocenters. The maximum Gasteiger partial charge on any atom is 0.315 e. The van der Waals surface area contributed by atoms with Crippen LogP contribution in [-0.2, 0) is 6.54 Å². The highest BCUT2D eigenvalue weighted by atomic mass is 16.2. The lowest BCUT2D eigenvalue weighted by molar-refractivity contribution is 0.240. The average Bonchev–Trinajstić information content (AvgIpc) is 2.64. The minimum atomic E-state index is -0.136. The quantitative estimate of drug-likeness (QED) is 0.638. The lowest BCUT2D eigenvalue weighted by atomic mass is 10.4. The van der Waals surface area contributed by atoms with Gasteiger partial charge in [-0.15, -0.1) is 0 Å². The van der Waals surface area contributed by atoms with Crippen molar-refractivity contribution in [1.29, 1.82) is 0 Å². The third-order valence-electron chi connectivity index (χ3n) is 1.54. The fourth-order valence-corrected chi connectivity index (χ4v) is 0.858. The molecular weight excluding hydrogens is 168 g/mol. The number of nitrogens with zero attached hydrogens (tertiary/aromatic N) is 1. The van der Waals surface area contributed by atoms with Crippen LogP contribution in [0.2, 0.25) is 0 Å². The summed E-state index contributed by atoms with van der Waals surface area (Å²) in [5, 5.41) is 11.9. The summed E-state index contributed by atoms with van der Waals surface area (Å²) >= 11 is 0. The Kier molecular flexibility index (Phi) is 3.81. The van der Waals surface area contributed by atoms with Gasteiger partial charge >= 0.3 is 6.03 Å². The minimum absolute atomic E-state index is 0.136. The molecule has 0 aliphatic heterocycles. The van der Waals surface area contributed by atoms with Gasteiger partial charge < -0.3 is 10.6 Å². The van der Waals surface area contributed by atoms with Crippen molar-refractivity contribution in [3.8, 4) is 0 Å². The fraction of sp³-hybridized carbons (Fsp3) is 0.500. The molecule has 0 aliphatic carbocycles. The molecule has 3 N–H and O–H groups in total. The molecule has 5 nitrogen and oxygen atoms in total. The first-order valence-electron chi connectivity index (χ1n) is 4.32. The van der Waals surface area contributed by atoms with Crippen LogP contribution in [0.1, 0.15) is 18.9 Å². The Morgan fingerprint density at radius 3 is 3.08 bits per heavy atom. The Hall–Kier alpha value is -1.52. The van der Waals surface area contributed by atoms with Crippen LogP contribution in [0.5, 0.6) is 0 Å². The van der Waals surface area contributed by atoms with E-state index < -0.39 is 0 Å². The Morgan fingerprint density at radius 1 is 1.62 bits per heavy atom. The molecule has 13 heavy (non-hydrogen) atoms. The number of carbonyl (C=O) groups excluding carboxylic acids is 1. The molecule has 0 radical (unpaired) electrons. The fourth-order valence-electron chi connectivity index (χ4n) is 0.858. The number of rotatable bonds is 4. The molecule has 0 fully saturated rings. The zero-order valence-corrected chi connectivity index (χ0v) is 7.63. The van der Waals surface area contributed by atoms with Crippen LogP contribution >= 0.6 is 0 Å². The van der Waals surface area contributed by atoms with Crippen molar-refractivity contribution >= 4 is 6.03 Å². The van der Waals surface area contributed by atoms with Gasteiger partial charge in [0.25, 0.3) is 0 Å². The highest BCUT2D eigenvalue weighted by Crippen LogP contribution is 1.91. The van der Waals surface area contributed by atoms with Crippen molar-refractivity contribution < 1.29 is 4.79 Å². The number of nitrogens with one attached hydrogen (secondary N) is 3. The molecule has 0 bridgehead atoms. The van der Waals surface area contributed by atoms with Crippen LogP contribution < -0.4 is 10.6 Å². The molecule has 0 spiro atoms. The highest BCUT2D eigenvalue weighted by Gasteiger charge is 1.98. The molecule has 5 heteroatoms. The maximum atomic E-state index is 11.0. The first-order valence-corrected chi connectivity index (χ1v) is 4.32. The molecule has 1 rings (SSSR count). The van der Waals surface area contributed by atoms with Crippen molar-refractivity contribution in [1.82, 2.24) is 20.8 Å². The average molecular weight is 182 g/mol. The summed E-state index contributed by atoms with van der Waals surface area (Å²) in [7, 11) is 0. The van der Waals surface area contributed by atoms with Crippen LogP contribution in [-0.4, -0.2) is 22.8 Å². The van der Waals surface area contributed by atoms with Gasteiger partial charge in [-0.1, -0.05) is 6.92 Å². The smallest absolute Gasteiger partial charge is 0.315 e. The number of urea groups is 1. The minimum Gasteiger partial charge on any atom is -0.338 e. The lowest BCUT2D eigenvalue weighted by Gasteiger charge is -2.04. The highest BCUT2D eigenvalue weighted by molar-refractivity contribution is 5.73. The second-order valence-corrected chi connectivity index (χ2v) is 2.72. The third kappa shape index (κ3) is 3.59. The number of hydrogen-bond acceptors (Lipinski definition) is 2. The van der Waals surface area contributed by atoms with Crippen molar-refractivity contribution in [2.45, 2.75) is 19.9 Å². The molecule has 0 aromatic carbocycles. The summed E-state index contributed by atoms with van der Waals surface area (Å²) < 4.78 is 0. The monoisotopic (exact) mass is 182 g/mol. The SMILES string of the molecule is CCCNC(=O)NCc1cn[nH]c1. The molecule has 0 unspecified atom stereocenters. The van der Waals surface area contributed by atoms with Gasteiger partial charge in [0.1, 0.15) is 0 Å². The van der Waals surface area contributed by atoms with E-state index in [0.29, 0.717) is 13.1 Å². The number of hydrogen-bond donors (Lipinski definition) is 3. The van der Waals surface area contributed by atoms with E-state index in [9.17, 15) is 4.79 Å². The Morgan fingerprint density at radius 2 is 2.46 bits per heavy atom. The predicted molar refractivity (Wildman–Crippen MR) is 49.1 cm³/mol. The van der Waals surface area contributed by atoms with Gasteiger partial charge in [0.15, 0.2) is 0 Å². The van der Waals surface area contributed by atoms with Crippen molar-refractivity contribution in [3.05, 3.63) is 18.0 Å².